The number of furan rings is 1. The molecule has 5 aromatic rings. The van der Waals surface area contributed by atoms with E-state index in [1.807, 2.05) is 42.1 Å². The number of amides is 1. The number of hydrogen-bond donors (Lipinski definition) is 1. The van der Waals surface area contributed by atoms with Crippen molar-refractivity contribution in [1.82, 2.24) is 20.2 Å². The monoisotopic (exact) mass is 490 g/mol. The maximum Gasteiger partial charge on any atom is 0.322 e. The van der Waals surface area contributed by atoms with E-state index in [1.54, 1.807) is 18.2 Å². The third-order valence-corrected chi connectivity index (χ3v) is 7.40. The SMILES string of the molecule is O=C(Nc1nnc(-c2ccco2)o1)c1cc(-c2ccccc2)nc2nc(N3CCSCC3)sc12. The summed E-state index contributed by atoms with van der Waals surface area (Å²) in [4.78, 5) is 25.2. The summed E-state index contributed by atoms with van der Waals surface area (Å²) in [7, 11) is 0. The van der Waals surface area contributed by atoms with Crippen LogP contribution < -0.4 is 10.2 Å². The second kappa shape index (κ2) is 8.92. The van der Waals surface area contributed by atoms with Crippen LogP contribution in [-0.4, -0.2) is 50.7 Å². The van der Waals surface area contributed by atoms with Gasteiger partial charge in [-0.15, -0.1) is 5.10 Å². The molecule has 5 heterocycles. The number of benzene rings is 1. The molecule has 0 unspecified atom stereocenters. The number of nitrogens with one attached hydrogen (secondary N) is 1. The van der Waals surface area contributed by atoms with Crippen LogP contribution in [0.2, 0.25) is 0 Å². The predicted molar refractivity (Wildman–Crippen MR) is 132 cm³/mol. The van der Waals surface area contributed by atoms with E-state index >= 15 is 0 Å². The molecule has 1 aliphatic heterocycles. The zero-order chi connectivity index (χ0) is 22.9. The van der Waals surface area contributed by atoms with Gasteiger partial charge in [0, 0.05) is 30.2 Å². The minimum atomic E-state index is -0.372. The first-order valence-corrected chi connectivity index (χ1v) is 12.6. The van der Waals surface area contributed by atoms with Crippen LogP contribution in [0, 0.1) is 0 Å². The van der Waals surface area contributed by atoms with E-state index in [9.17, 15) is 4.79 Å². The van der Waals surface area contributed by atoms with Crippen LogP contribution in [-0.2, 0) is 0 Å². The molecule has 1 saturated heterocycles. The molecule has 34 heavy (non-hydrogen) atoms. The van der Waals surface area contributed by atoms with E-state index < -0.39 is 0 Å². The number of aromatic nitrogens is 4. The van der Waals surface area contributed by atoms with Gasteiger partial charge in [-0.2, -0.15) is 16.7 Å². The number of rotatable bonds is 5. The third kappa shape index (κ3) is 4.03. The first kappa shape index (κ1) is 20.9. The van der Waals surface area contributed by atoms with Crippen molar-refractivity contribution >= 4 is 50.5 Å². The van der Waals surface area contributed by atoms with Crippen LogP contribution in [0.4, 0.5) is 11.1 Å². The van der Waals surface area contributed by atoms with Crippen LogP contribution in [0.5, 0.6) is 0 Å². The van der Waals surface area contributed by atoms with Crippen molar-refractivity contribution in [2.24, 2.45) is 0 Å². The predicted octanol–water partition coefficient (Wildman–Crippen LogP) is 4.81. The lowest BCUT2D eigenvalue weighted by Gasteiger charge is -2.25. The molecule has 0 aliphatic carbocycles. The molecule has 4 aromatic heterocycles. The van der Waals surface area contributed by atoms with Crippen molar-refractivity contribution in [3.8, 4) is 22.9 Å². The number of thiazole rings is 1. The Hall–Kier alpha value is -3.70. The average molecular weight is 491 g/mol. The molecule has 1 fully saturated rings. The van der Waals surface area contributed by atoms with E-state index in [0.717, 1.165) is 40.0 Å². The molecule has 0 atom stereocenters. The number of thioether (sulfide) groups is 1. The summed E-state index contributed by atoms with van der Waals surface area (Å²) >= 11 is 3.41. The number of fused-ring (bicyclic) bond motifs is 1. The van der Waals surface area contributed by atoms with Crippen LogP contribution in [0.3, 0.4) is 0 Å². The van der Waals surface area contributed by atoms with Crippen molar-refractivity contribution in [2.75, 3.05) is 34.8 Å². The van der Waals surface area contributed by atoms with Crippen molar-refractivity contribution in [3.63, 3.8) is 0 Å². The number of carbonyl (C=O) groups is 1. The number of pyridine rings is 1. The molecule has 9 nitrogen and oxygen atoms in total. The third-order valence-electron chi connectivity index (χ3n) is 5.32. The molecule has 0 saturated carbocycles. The topological polar surface area (TPSA) is 110 Å². The summed E-state index contributed by atoms with van der Waals surface area (Å²) in [6.45, 7) is 1.85. The quantitative estimate of drug-likeness (QED) is 0.371. The van der Waals surface area contributed by atoms with Crippen LogP contribution in [0.25, 0.3) is 33.3 Å². The molecular formula is C23H18N6O3S2. The van der Waals surface area contributed by atoms with Gasteiger partial charge in [0.15, 0.2) is 16.5 Å². The molecule has 11 heteroatoms. The maximum absolute atomic E-state index is 13.4. The Balaban J connectivity index is 1.38. The van der Waals surface area contributed by atoms with E-state index in [2.05, 4.69) is 20.4 Å². The standard InChI is InChI=1S/C23H18N6O3S2/c30-20(26-22-28-27-21(32-22)17-7-4-10-31-17)15-13-16(14-5-2-1-3-6-14)24-19-18(15)34-23(25-19)29-8-11-33-12-9-29/h1-7,10,13H,8-9,11-12H2,(H,26,28,30). The van der Waals surface area contributed by atoms with Crippen molar-refractivity contribution in [1.29, 1.82) is 0 Å². The summed E-state index contributed by atoms with van der Waals surface area (Å²) in [6.07, 6.45) is 1.51. The molecule has 6 rings (SSSR count). The van der Waals surface area contributed by atoms with E-state index in [-0.39, 0.29) is 17.8 Å². The highest BCUT2D eigenvalue weighted by molar-refractivity contribution is 7.99. The summed E-state index contributed by atoms with van der Waals surface area (Å²) in [6, 6.07) is 14.9. The van der Waals surface area contributed by atoms with Crippen molar-refractivity contribution in [3.05, 3.63) is 60.4 Å². The molecule has 1 aromatic carbocycles. The maximum atomic E-state index is 13.4. The lowest BCUT2D eigenvalue weighted by molar-refractivity contribution is 0.102. The minimum Gasteiger partial charge on any atom is -0.459 e. The Labute approximate surface area is 202 Å². The van der Waals surface area contributed by atoms with Gasteiger partial charge in [-0.05, 0) is 18.2 Å². The Bertz CT molecular complexity index is 1440. The Kier molecular flexibility index (Phi) is 5.47. The fourth-order valence-corrected chi connectivity index (χ4v) is 5.63. The zero-order valence-electron chi connectivity index (χ0n) is 17.8. The van der Waals surface area contributed by atoms with Gasteiger partial charge in [0.05, 0.1) is 22.2 Å². The largest absolute Gasteiger partial charge is 0.459 e. The van der Waals surface area contributed by atoms with Gasteiger partial charge in [0.1, 0.15) is 0 Å². The molecule has 1 amide bonds. The minimum absolute atomic E-state index is 0.0135. The Morgan fingerprint density at radius 1 is 1.03 bits per heavy atom. The van der Waals surface area contributed by atoms with Crippen molar-refractivity contribution in [2.45, 2.75) is 0 Å². The van der Waals surface area contributed by atoms with Crippen LogP contribution >= 0.6 is 23.1 Å². The van der Waals surface area contributed by atoms with E-state index in [1.165, 1.54) is 17.6 Å². The van der Waals surface area contributed by atoms with Gasteiger partial charge in [-0.3, -0.25) is 10.1 Å². The van der Waals surface area contributed by atoms with E-state index in [0.29, 0.717) is 22.7 Å². The number of carbonyl (C=O) groups excluding carboxylic acids is 1. The van der Waals surface area contributed by atoms with Gasteiger partial charge < -0.3 is 13.7 Å². The van der Waals surface area contributed by atoms with Crippen LogP contribution in [0.15, 0.2) is 63.6 Å². The molecule has 170 valence electrons. The zero-order valence-corrected chi connectivity index (χ0v) is 19.4. The number of nitrogens with zero attached hydrogens (tertiary/aromatic N) is 5. The summed E-state index contributed by atoms with van der Waals surface area (Å²) in [5, 5.41) is 11.5. The first-order valence-electron chi connectivity index (χ1n) is 10.6. The van der Waals surface area contributed by atoms with Gasteiger partial charge in [0.2, 0.25) is 0 Å². The molecule has 1 N–H and O–H groups in total. The summed E-state index contributed by atoms with van der Waals surface area (Å²) in [5.41, 5.74) is 2.58. The van der Waals surface area contributed by atoms with Crippen LogP contribution in [0.1, 0.15) is 10.4 Å². The average Bonchev–Trinajstić information content (AvgIpc) is 3.65. The molecular weight excluding hydrogens is 472 g/mol. The fraction of sp³-hybridized carbons (Fsp3) is 0.174. The lowest BCUT2D eigenvalue weighted by atomic mass is 10.1. The highest BCUT2D eigenvalue weighted by Gasteiger charge is 2.23. The Morgan fingerprint density at radius 3 is 2.68 bits per heavy atom. The van der Waals surface area contributed by atoms with Crippen molar-refractivity contribution < 1.29 is 13.6 Å². The highest BCUT2D eigenvalue weighted by Crippen LogP contribution is 2.34. The van der Waals surface area contributed by atoms with Gasteiger partial charge in [0.25, 0.3) is 11.8 Å². The molecule has 0 bridgehead atoms. The molecule has 1 aliphatic rings. The number of anilines is 2. The van der Waals surface area contributed by atoms with Gasteiger partial charge >= 0.3 is 6.01 Å². The highest BCUT2D eigenvalue weighted by atomic mass is 32.2. The lowest BCUT2D eigenvalue weighted by Crippen LogP contribution is -2.32. The second-order valence-electron chi connectivity index (χ2n) is 7.51. The Morgan fingerprint density at radius 2 is 1.88 bits per heavy atom. The summed E-state index contributed by atoms with van der Waals surface area (Å²) < 4.78 is 11.6. The smallest absolute Gasteiger partial charge is 0.322 e. The first-order chi connectivity index (χ1) is 16.7. The normalized spacial score (nSPS) is 13.9. The van der Waals surface area contributed by atoms with Gasteiger partial charge in [-0.25, -0.2) is 4.98 Å². The van der Waals surface area contributed by atoms with E-state index in [4.69, 9.17) is 18.8 Å². The molecule has 0 spiro atoms. The summed E-state index contributed by atoms with van der Waals surface area (Å²) in [5.74, 6) is 2.36. The second-order valence-corrected chi connectivity index (χ2v) is 9.72. The molecule has 0 radical (unpaired) electrons. The number of hydrogen-bond acceptors (Lipinski definition) is 10. The van der Waals surface area contributed by atoms with Gasteiger partial charge in [-0.1, -0.05) is 46.8 Å². The fourth-order valence-electron chi connectivity index (χ4n) is 3.65.